The molecule has 0 radical (unpaired) electrons. The average molecular weight is 458 g/mol. The first-order valence-electron chi connectivity index (χ1n) is 10.5. The molecule has 0 amide bonds. The Morgan fingerprint density at radius 1 is 1.18 bits per heavy atom. The molecule has 0 saturated carbocycles. The zero-order valence-electron chi connectivity index (χ0n) is 17.9. The lowest BCUT2D eigenvalue weighted by molar-refractivity contribution is -0.230. The zero-order valence-corrected chi connectivity index (χ0v) is 17.9. The number of methoxy groups -OCH3 is 1. The minimum atomic E-state index is -1.09. The lowest BCUT2D eigenvalue weighted by Crippen LogP contribution is -2.48. The van der Waals surface area contributed by atoms with E-state index in [2.05, 4.69) is 20.3 Å². The number of aliphatic hydroxyl groups excluding tert-OH is 1. The first kappa shape index (κ1) is 21.7. The summed E-state index contributed by atoms with van der Waals surface area (Å²) in [6, 6.07) is 5.07. The molecule has 174 valence electrons. The van der Waals surface area contributed by atoms with E-state index in [0.29, 0.717) is 48.2 Å². The third kappa shape index (κ3) is 4.67. The SMILES string of the molecule is COc1ccc2ncc(F)c(C[C@H](O)C3OCC(NCc4cc5c(cn4)OCO5)CO3)c2n1. The van der Waals surface area contributed by atoms with Crippen molar-refractivity contribution in [3.05, 3.63) is 47.7 Å². The van der Waals surface area contributed by atoms with E-state index >= 15 is 0 Å². The fraction of sp³-hybridized carbons (Fsp3) is 0.409. The van der Waals surface area contributed by atoms with Gasteiger partial charge in [-0.15, -0.1) is 0 Å². The van der Waals surface area contributed by atoms with Crippen molar-refractivity contribution in [2.24, 2.45) is 0 Å². The van der Waals surface area contributed by atoms with E-state index in [-0.39, 0.29) is 24.8 Å². The Balaban J connectivity index is 1.17. The van der Waals surface area contributed by atoms with E-state index in [1.54, 1.807) is 18.3 Å². The van der Waals surface area contributed by atoms with Gasteiger partial charge in [-0.1, -0.05) is 0 Å². The van der Waals surface area contributed by atoms with Crippen LogP contribution in [0.1, 0.15) is 11.3 Å². The van der Waals surface area contributed by atoms with Crippen LogP contribution in [0.15, 0.2) is 30.6 Å². The maximum absolute atomic E-state index is 14.5. The Labute approximate surface area is 188 Å². The van der Waals surface area contributed by atoms with Gasteiger partial charge in [-0.2, -0.15) is 0 Å². The van der Waals surface area contributed by atoms with Gasteiger partial charge in [0.15, 0.2) is 17.8 Å². The first-order chi connectivity index (χ1) is 16.1. The maximum Gasteiger partial charge on any atom is 0.231 e. The third-order valence-corrected chi connectivity index (χ3v) is 5.49. The van der Waals surface area contributed by atoms with Crippen LogP contribution in [0, 0.1) is 5.82 Å². The minimum absolute atomic E-state index is 0.0467. The number of ether oxygens (including phenoxy) is 5. The van der Waals surface area contributed by atoms with Crippen LogP contribution in [0.2, 0.25) is 0 Å². The predicted octanol–water partition coefficient (Wildman–Crippen LogP) is 1.34. The summed E-state index contributed by atoms with van der Waals surface area (Å²) in [7, 11) is 1.48. The molecule has 11 heteroatoms. The van der Waals surface area contributed by atoms with Gasteiger partial charge < -0.3 is 34.1 Å². The van der Waals surface area contributed by atoms with Crippen LogP contribution in [0.4, 0.5) is 4.39 Å². The normalized spacial score (nSPS) is 20.7. The highest BCUT2D eigenvalue weighted by Gasteiger charge is 2.29. The van der Waals surface area contributed by atoms with Crippen molar-refractivity contribution in [3.63, 3.8) is 0 Å². The standard InChI is InChI=1S/C22H23FN4O6/c1-29-20-3-2-16-21(27-20)14(15(23)7-26-16)5-17(28)22-30-9-13(10-31-22)24-6-12-4-18-19(8-25-12)33-11-32-18/h2-4,7-8,13,17,22,24,28H,5-6,9-11H2,1H3/t13?,17-,22?/m0/s1. The molecule has 1 saturated heterocycles. The topological polar surface area (TPSA) is 117 Å². The largest absolute Gasteiger partial charge is 0.481 e. The van der Waals surface area contributed by atoms with Gasteiger partial charge in [-0.3, -0.25) is 9.97 Å². The molecule has 3 aromatic rings. The summed E-state index contributed by atoms with van der Waals surface area (Å²) in [5.74, 6) is 1.08. The van der Waals surface area contributed by atoms with E-state index in [0.717, 1.165) is 11.9 Å². The molecule has 33 heavy (non-hydrogen) atoms. The van der Waals surface area contributed by atoms with Gasteiger partial charge in [0.25, 0.3) is 0 Å². The molecule has 2 N–H and O–H groups in total. The van der Waals surface area contributed by atoms with Gasteiger partial charge in [0.2, 0.25) is 12.7 Å². The summed E-state index contributed by atoms with van der Waals surface area (Å²) in [4.78, 5) is 12.7. The van der Waals surface area contributed by atoms with Gasteiger partial charge in [0, 0.05) is 30.7 Å². The van der Waals surface area contributed by atoms with Crippen LogP contribution in [-0.2, 0) is 22.4 Å². The quantitative estimate of drug-likeness (QED) is 0.537. The highest BCUT2D eigenvalue weighted by Crippen LogP contribution is 2.31. The highest BCUT2D eigenvalue weighted by molar-refractivity contribution is 5.78. The molecule has 0 bridgehead atoms. The number of pyridine rings is 3. The molecule has 1 atom stereocenters. The van der Waals surface area contributed by atoms with Crippen LogP contribution in [-0.4, -0.2) is 65.6 Å². The Hall–Kier alpha value is -3.12. The maximum atomic E-state index is 14.5. The van der Waals surface area contributed by atoms with E-state index < -0.39 is 18.2 Å². The number of fused-ring (bicyclic) bond motifs is 2. The third-order valence-electron chi connectivity index (χ3n) is 5.49. The van der Waals surface area contributed by atoms with Crippen LogP contribution in [0.3, 0.4) is 0 Å². The molecule has 0 aliphatic carbocycles. The Bertz CT molecular complexity index is 1140. The highest BCUT2D eigenvalue weighted by atomic mass is 19.1. The van der Waals surface area contributed by atoms with Crippen LogP contribution >= 0.6 is 0 Å². The summed E-state index contributed by atoms with van der Waals surface area (Å²) in [6.07, 6.45) is 0.723. The molecule has 5 rings (SSSR count). The van der Waals surface area contributed by atoms with Gasteiger partial charge in [0.1, 0.15) is 11.9 Å². The van der Waals surface area contributed by atoms with E-state index in [1.165, 1.54) is 7.11 Å². The van der Waals surface area contributed by atoms with Crippen molar-refractivity contribution < 1.29 is 33.2 Å². The number of halogens is 1. The van der Waals surface area contributed by atoms with Crippen molar-refractivity contribution in [1.82, 2.24) is 20.3 Å². The van der Waals surface area contributed by atoms with Crippen LogP contribution in [0.25, 0.3) is 11.0 Å². The van der Waals surface area contributed by atoms with Crippen molar-refractivity contribution in [2.45, 2.75) is 31.4 Å². The Kier molecular flexibility index (Phi) is 6.18. The minimum Gasteiger partial charge on any atom is -0.481 e. The van der Waals surface area contributed by atoms with E-state index in [4.69, 9.17) is 23.7 Å². The lowest BCUT2D eigenvalue weighted by atomic mass is 10.1. The number of nitrogens with zero attached hydrogens (tertiary/aromatic N) is 3. The molecule has 5 heterocycles. The first-order valence-corrected chi connectivity index (χ1v) is 10.5. The van der Waals surface area contributed by atoms with Gasteiger partial charge in [-0.05, 0) is 6.07 Å². The van der Waals surface area contributed by atoms with Crippen LogP contribution in [0.5, 0.6) is 17.4 Å². The second-order valence-electron chi connectivity index (χ2n) is 7.72. The van der Waals surface area contributed by atoms with Crippen LogP contribution < -0.4 is 19.5 Å². The molecule has 3 aromatic heterocycles. The fourth-order valence-electron chi connectivity index (χ4n) is 3.74. The molecule has 1 fully saturated rings. The average Bonchev–Trinajstić information content (AvgIpc) is 3.32. The number of rotatable bonds is 7. The lowest BCUT2D eigenvalue weighted by Gasteiger charge is -2.32. The molecular weight excluding hydrogens is 435 g/mol. The van der Waals surface area contributed by atoms with E-state index in [1.807, 2.05) is 6.07 Å². The molecule has 10 nitrogen and oxygen atoms in total. The summed E-state index contributed by atoms with van der Waals surface area (Å²) in [6.45, 7) is 1.32. The molecule has 2 aliphatic rings. The van der Waals surface area contributed by atoms with Gasteiger partial charge >= 0.3 is 0 Å². The summed E-state index contributed by atoms with van der Waals surface area (Å²) < 4.78 is 41.7. The van der Waals surface area contributed by atoms with Gasteiger partial charge in [-0.25, -0.2) is 9.37 Å². The monoisotopic (exact) mass is 458 g/mol. The second kappa shape index (κ2) is 9.40. The van der Waals surface area contributed by atoms with Gasteiger partial charge in [0.05, 0.1) is 55.5 Å². The number of aromatic nitrogens is 3. The zero-order chi connectivity index (χ0) is 22.8. The smallest absolute Gasteiger partial charge is 0.231 e. The molecule has 2 aliphatic heterocycles. The number of hydrogen-bond donors (Lipinski definition) is 2. The summed E-state index contributed by atoms with van der Waals surface area (Å²) in [5.41, 5.74) is 1.86. The summed E-state index contributed by atoms with van der Waals surface area (Å²) >= 11 is 0. The number of hydrogen-bond acceptors (Lipinski definition) is 10. The van der Waals surface area contributed by atoms with Crippen molar-refractivity contribution in [1.29, 1.82) is 0 Å². The fourth-order valence-corrected chi connectivity index (χ4v) is 3.74. The van der Waals surface area contributed by atoms with E-state index in [9.17, 15) is 9.50 Å². The van der Waals surface area contributed by atoms with Crippen molar-refractivity contribution in [3.8, 4) is 17.4 Å². The molecule has 0 unspecified atom stereocenters. The molecular formula is C22H23FN4O6. The Morgan fingerprint density at radius 3 is 2.82 bits per heavy atom. The number of nitrogens with one attached hydrogen (secondary N) is 1. The molecule has 0 spiro atoms. The number of aliphatic hydroxyl groups is 1. The van der Waals surface area contributed by atoms with Crippen molar-refractivity contribution in [2.75, 3.05) is 27.1 Å². The predicted molar refractivity (Wildman–Crippen MR) is 112 cm³/mol. The Morgan fingerprint density at radius 2 is 2.00 bits per heavy atom. The second-order valence-corrected chi connectivity index (χ2v) is 7.72. The molecule has 0 aromatic carbocycles. The summed E-state index contributed by atoms with van der Waals surface area (Å²) in [5, 5.41) is 14.0. The van der Waals surface area contributed by atoms with Crippen molar-refractivity contribution >= 4 is 11.0 Å².